The van der Waals surface area contributed by atoms with Gasteiger partial charge in [-0.2, -0.15) is 0 Å². The summed E-state index contributed by atoms with van der Waals surface area (Å²) >= 11 is 0. The number of carbonyl (C=O) groups excluding carboxylic acids is 1. The van der Waals surface area contributed by atoms with Gasteiger partial charge < -0.3 is 9.84 Å². The van der Waals surface area contributed by atoms with Crippen molar-refractivity contribution < 1.29 is 19.4 Å². The maximum absolute atomic E-state index is 11.8. The summed E-state index contributed by atoms with van der Waals surface area (Å²) in [7, 11) is 0. The van der Waals surface area contributed by atoms with E-state index in [2.05, 4.69) is 13.8 Å². The van der Waals surface area contributed by atoms with Crippen molar-refractivity contribution in [3.8, 4) is 0 Å². The topological polar surface area (TPSA) is 63.6 Å². The molecule has 0 fully saturated rings. The number of esters is 1. The van der Waals surface area contributed by atoms with E-state index in [0.29, 0.717) is 0 Å². The normalized spacial score (nSPS) is 12.4. The number of aliphatic carboxylic acids is 1. The van der Waals surface area contributed by atoms with Crippen molar-refractivity contribution in [2.45, 2.75) is 136 Å². The van der Waals surface area contributed by atoms with E-state index < -0.39 is 24.0 Å². The summed E-state index contributed by atoms with van der Waals surface area (Å²) in [5.74, 6) is -1.72. The van der Waals surface area contributed by atoms with Crippen LogP contribution in [0.5, 0.6) is 0 Å². The molecule has 4 nitrogen and oxygen atoms in total. The number of carboxylic acid groups (broad SMARTS) is 1. The molecule has 0 radical (unpaired) electrons. The van der Waals surface area contributed by atoms with E-state index in [9.17, 15) is 9.59 Å². The van der Waals surface area contributed by atoms with Crippen LogP contribution in [0.15, 0.2) is 0 Å². The standard InChI is InChI=1S/C23H44O4.K.Li.2H/c1-4-6-8-10-11-12-13-14-15-17-19-23(3,18-16-9-7-5-2)27-22(26)20-21(24)25;;;;/h4-20H2,1-3H3,(H,24,25);;;;. The van der Waals surface area contributed by atoms with Gasteiger partial charge in [0.25, 0.3) is 0 Å². The third-order valence-corrected chi connectivity index (χ3v) is 5.27. The summed E-state index contributed by atoms with van der Waals surface area (Å²) in [6.45, 7) is 6.40. The Morgan fingerprint density at radius 2 is 1.07 bits per heavy atom. The molecule has 0 aromatic heterocycles. The number of carboxylic acids is 1. The van der Waals surface area contributed by atoms with Crippen molar-refractivity contribution in [3.05, 3.63) is 0 Å². The molecule has 0 aliphatic heterocycles. The summed E-state index contributed by atoms with van der Waals surface area (Å²) in [5.41, 5.74) is -0.513. The predicted molar refractivity (Wildman–Crippen MR) is 126 cm³/mol. The van der Waals surface area contributed by atoms with E-state index >= 15 is 0 Å². The van der Waals surface area contributed by atoms with Crippen LogP contribution in [0.1, 0.15) is 130 Å². The molecular weight excluding hydrogens is 386 g/mol. The second kappa shape index (κ2) is 23.8. The number of unbranched alkanes of at least 4 members (excludes halogenated alkanes) is 12. The molecule has 0 rings (SSSR count). The summed E-state index contributed by atoms with van der Waals surface area (Å²) in [6, 6.07) is 0. The molecule has 1 unspecified atom stereocenters. The van der Waals surface area contributed by atoms with E-state index in [4.69, 9.17) is 9.84 Å². The van der Waals surface area contributed by atoms with Crippen LogP contribution in [0.2, 0.25) is 0 Å². The van der Waals surface area contributed by atoms with Crippen molar-refractivity contribution in [2.24, 2.45) is 0 Å². The molecule has 6 heteroatoms. The van der Waals surface area contributed by atoms with Crippen molar-refractivity contribution in [1.82, 2.24) is 0 Å². The van der Waals surface area contributed by atoms with Crippen LogP contribution in [0, 0.1) is 0 Å². The molecule has 1 atom stereocenters. The molecule has 0 amide bonds. The van der Waals surface area contributed by atoms with Gasteiger partial charge in [-0.05, 0) is 32.6 Å². The van der Waals surface area contributed by atoms with Crippen LogP contribution in [0.25, 0.3) is 0 Å². The van der Waals surface area contributed by atoms with Gasteiger partial charge in [-0.3, -0.25) is 9.59 Å². The first kappa shape index (κ1) is 34.8. The Bertz CT molecular complexity index is 393. The molecule has 0 aliphatic carbocycles. The Labute approximate surface area is 234 Å². The van der Waals surface area contributed by atoms with Crippen molar-refractivity contribution in [1.29, 1.82) is 0 Å². The first-order chi connectivity index (χ1) is 12.9. The third kappa shape index (κ3) is 23.7. The van der Waals surface area contributed by atoms with Crippen LogP contribution >= 0.6 is 0 Å². The maximum atomic E-state index is 11.8. The minimum atomic E-state index is -1.12. The number of ether oxygens (including phenoxy) is 1. The van der Waals surface area contributed by atoms with Gasteiger partial charge in [0.2, 0.25) is 0 Å². The van der Waals surface area contributed by atoms with Crippen molar-refractivity contribution in [3.63, 3.8) is 0 Å². The molecule has 164 valence electrons. The van der Waals surface area contributed by atoms with E-state index in [1.54, 1.807) is 0 Å². The first-order valence-corrected chi connectivity index (χ1v) is 11.4. The van der Waals surface area contributed by atoms with E-state index in [-0.39, 0.29) is 70.2 Å². The van der Waals surface area contributed by atoms with Gasteiger partial charge in [0, 0.05) is 0 Å². The number of carbonyl (C=O) groups is 2. The molecule has 0 bridgehead atoms. The van der Waals surface area contributed by atoms with E-state index in [1.165, 1.54) is 64.2 Å². The zero-order valence-electron chi connectivity index (χ0n) is 18.2. The second-order valence-electron chi connectivity index (χ2n) is 8.24. The van der Waals surface area contributed by atoms with E-state index in [0.717, 1.165) is 38.5 Å². The van der Waals surface area contributed by atoms with Crippen LogP contribution in [0.4, 0.5) is 0 Å². The molecule has 0 aromatic carbocycles. The SMILES string of the molecule is CCCCCCCCCCCCC(C)(CCCCCC)OC(=O)CC(=O)O.[KH].[LiH]. The van der Waals surface area contributed by atoms with Crippen molar-refractivity contribution in [2.75, 3.05) is 0 Å². The van der Waals surface area contributed by atoms with Crippen LogP contribution in [0.3, 0.4) is 0 Å². The molecule has 0 aliphatic rings. The number of rotatable bonds is 19. The minimum absolute atomic E-state index is 0. The predicted octanol–water partition coefficient (Wildman–Crippen LogP) is 5.75. The van der Waals surface area contributed by atoms with Crippen LogP contribution in [-0.4, -0.2) is 92.9 Å². The molecule has 0 saturated heterocycles. The van der Waals surface area contributed by atoms with Gasteiger partial charge in [-0.25, -0.2) is 0 Å². The number of hydrogen-bond donors (Lipinski definition) is 1. The fraction of sp³-hybridized carbons (Fsp3) is 0.913. The summed E-state index contributed by atoms with van der Waals surface area (Å²) in [6.07, 6.45) is 18.5. The fourth-order valence-corrected chi connectivity index (χ4v) is 3.57. The van der Waals surface area contributed by atoms with E-state index in [1.807, 2.05) is 6.92 Å². The Morgan fingerprint density at radius 1 is 0.724 bits per heavy atom. The fourth-order valence-electron chi connectivity index (χ4n) is 3.57. The summed E-state index contributed by atoms with van der Waals surface area (Å²) < 4.78 is 5.59. The molecule has 1 N–H and O–H groups in total. The van der Waals surface area contributed by atoms with Gasteiger partial charge in [-0.15, -0.1) is 0 Å². The average Bonchev–Trinajstić information content (AvgIpc) is 2.59. The molecule has 0 heterocycles. The summed E-state index contributed by atoms with van der Waals surface area (Å²) in [4.78, 5) is 22.6. The van der Waals surface area contributed by atoms with Crippen LogP contribution in [-0.2, 0) is 14.3 Å². The van der Waals surface area contributed by atoms with Gasteiger partial charge in [-0.1, -0.05) is 90.9 Å². The molecule has 0 saturated carbocycles. The quantitative estimate of drug-likeness (QED) is 0.122. The van der Waals surface area contributed by atoms with Gasteiger partial charge in [0.15, 0.2) is 0 Å². The van der Waals surface area contributed by atoms with Gasteiger partial charge >= 0.3 is 82.2 Å². The second-order valence-corrected chi connectivity index (χ2v) is 8.24. The Morgan fingerprint density at radius 3 is 1.45 bits per heavy atom. The molecule has 0 spiro atoms. The Kier molecular flexibility index (Phi) is 28.6. The Hall–Kier alpha value is 1.17. The zero-order chi connectivity index (χ0) is 20.4. The van der Waals surface area contributed by atoms with Crippen LogP contribution < -0.4 is 0 Å². The molecule has 0 aromatic rings. The summed E-state index contributed by atoms with van der Waals surface area (Å²) in [5, 5.41) is 8.79. The van der Waals surface area contributed by atoms with Gasteiger partial charge in [0.1, 0.15) is 12.0 Å². The monoisotopic (exact) mass is 432 g/mol. The van der Waals surface area contributed by atoms with Crippen molar-refractivity contribution >= 4 is 82.2 Å². The van der Waals surface area contributed by atoms with Gasteiger partial charge in [0.05, 0.1) is 0 Å². The first-order valence-electron chi connectivity index (χ1n) is 11.4. The number of hydrogen-bond acceptors (Lipinski definition) is 3. The molecule has 29 heavy (non-hydrogen) atoms. The Balaban J connectivity index is -0.00000338. The molecular formula is C23H46KLiO4. The average molecular weight is 433 g/mol. The zero-order valence-corrected chi connectivity index (χ0v) is 18.2. The third-order valence-electron chi connectivity index (χ3n) is 5.27.